The van der Waals surface area contributed by atoms with E-state index in [1.165, 1.54) is 327 Å². The van der Waals surface area contributed by atoms with Crippen LogP contribution in [-0.2, 0) is 14.3 Å². The summed E-state index contributed by atoms with van der Waals surface area (Å²) in [5, 5.41) is 23.4. The van der Waals surface area contributed by atoms with Crippen molar-refractivity contribution in [3.63, 3.8) is 0 Å². The van der Waals surface area contributed by atoms with Gasteiger partial charge in [0.1, 0.15) is 0 Å². The van der Waals surface area contributed by atoms with Gasteiger partial charge >= 0.3 is 5.97 Å². The molecule has 0 spiro atoms. The molecule has 0 aromatic heterocycles. The lowest BCUT2D eigenvalue weighted by atomic mass is 10.0. The molecule has 0 aromatic carbocycles. The van der Waals surface area contributed by atoms with Crippen molar-refractivity contribution in [1.29, 1.82) is 0 Å². The Morgan fingerprint density at radius 1 is 0.324 bits per heavy atom. The third-order valence-electron chi connectivity index (χ3n) is 16.4. The quantitative estimate of drug-likeness (QED) is 0.0417. The molecule has 0 saturated carbocycles. The molecule has 0 rings (SSSR count). The van der Waals surface area contributed by atoms with E-state index in [4.69, 9.17) is 4.74 Å². The zero-order valence-corrected chi connectivity index (χ0v) is 50.6. The number of hydrogen-bond acceptors (Lipinski definition) is 5. The molecule has 0 aromatic rings. The summed E-state index contributed by atoms with van der Waals surface area (Å²) in [6, 6.07) is -0.544. The summed E-state index contributed by atoms with van der Waals surface area (Å²) < 4.78 is 5.48. The molecule has 3 N–H and O–H groups in total. The monoisotopic (exact) mass is 1050 g/mol. The summed E-state index contributed by atoms with van der Waals surface area (Å²) in [6.07, 6.45) is 77.1. The molecule has 442 valence electrons. The van der Waals surface area contributed by atoms with Gasteiger partial charge in [0.05, 0.1) is 25.4 Å². The summed E-state index contributed by atoms with van der Waals surface area (Å²) in [7, 11) is 0. The van der Waals surface area contributed by atoms with Gasteiger partial charge in [-0.2, -0.15) is 0 Å². The first-order valence-electron chi connectivity index (χ1n) is 34.3. The van der Waals surface area contributed by atoms with E-state index < -0.39 is 12.1 Å². The van der Waals surface area contributed by atoms with E-state index in [9.17, 15) is 19.8 Å². The van der Waals surface area contributed by atoms with Gasteiger partial charge in [0.25, 0.3) is 0 Å². The summed E-state index contributed by atoms with van der Waals surface area (Å²) in [5.41, 5.74) is 0. The number of unbranched alkanes of at least 4 members (excludes halogenated alkanes) is 54. The number of hydrogen-bond donors (Lipinski definition) is 3. The first-order chi connectivity index (χ1) is 36.5. The molecular formula is C68H135NO5. The van der Waals surface area contributed by atoms with Crippen LogP contribution in [0.15, 0.2) is 0 Å². The van der Waals surface area contributed by atoms with Gasteiger partial charge in [0.2, 0.25) is 5.91 Å². The molecule has 2 atom stereocenters. The Hall–Kier alpha value is -1.14. The second kappa shape index (κ2) is 64.4. The highest BCUT2D eigenvalue weighted by Gasteiger charge is 2.20. The topological polar surface area (TPSA) is 95.9 Å². The van der Waals surface area contributed by atoms with Gasteiger partial charge in [0.15, 0.2) is 0 Å². The van der Waals surface area contributed by atoms with Crippen LogP contribution in [0.25, 0.3) is 0 Å². The zero-order chi connectivity index (χ0) is 53.6. The van der Waals surface area contributed by atoms with Crippen molar-refractivity contribution in [3.8, 4) is 0 Å². The number of carbonyl (C=O) groups excluding carboxylic acids is 2. The van der Waals surface area contributed by atoms with E-state index in [0.29, 0.717) is 25.9 Å². The van der Waals surface area contributed by atoms with Crippen molar-refractivity contribution >= 4 is 11.9 Å². The van der Waals surface area contributed by atoms with Gasteiger partial charge in [-0.3, -0.25) is 9.59 Å². The molecule has 0 aliphatic carbocycles. The summed E-state index contributed by atoms with van der Waals surface area (Å²) >= 11 is 0. The highest BCUT2D eigenvalue weighted by Crippen LogP contribution is 2.19. The lowest BCUT2D eigenvalue weighted by Gasteiger charge is -2.22. The second-order valence-corrected chi connectivity index (χ2v) is 23.9. The number of rotatable bonds is 65. The minimum atomic E-state index is -0.667. The SMILES string of the molecule is CCCCCCCCCCCCCCCCCCCCCCCCCCCC(O)C(CO)NC(=O)CCCCCCCCCCCCCCCCCCCCCOC(=O)CCCCCCCCCCCCCCC. The van der Waals surface area contributed by atoms with Crippen LogP contribution < -0.4 is 5.32 Å². The summed E-state index contributed by atoms with van der Waals surface area (Å²) in [5.74, 6) is -0.0197. The van der Waals surface area contributed by atoms with E-state index in [-0.39, 0.29) is 18.5 Å². The molecule has 0 aliphatic heterocycles. The molecule has 1 amide bonds. The third-order valence-corrected chi connectivity index (χ3v) is 16.4. The Morgan fingerprint density at radius 2 is 0.554 bits per heavy atom. The second-order valence-electron chi connectivity index (χ2n) is 23.9. The van der Waals surface area contributed by atoms with Gasteiger partial charge in [0, 0.05) is 12.8 Å². The van der Waals surface area contributed by atoms with Crippen molar-refractivity contribution < 1.29 is 24.5 Å². The molecular weight excluding hydrogens is 911 g/mol. The number of amides is 1. The fraction of sp³-hybridized carbons (Fsp3) is 0.971. The van der Waals surface area contributed by atoms with Gasteiger partial charge in [-0.15, -0.1) is 0 Å². The smallest absolute Gasteiger partial charge is 0.305 e. The lowest BCUT2D eigenvalue weighted by Crippen LogP contribution is -2.45. The van der Waals surface area contributed by atoms with Gasteiger partial charge in [-0.1, -0.05) is 361 Å². The molecule has 6 heteroatoms. The fourth-order valence-corrected chi connectivity index (χ4v) is 11.2. The van der Waals surface area contributed by atoms with Crippen LogP contribution in [-0.4, -0.2) is 47.4 Å². The standard InChI is InChI=1S/C68H135NO5/c1-3-5-7-9-11-13-15-17-18-19-20-21-22-23-24-25-27-30-33-37-40-44-48-52-56-60-66(71)65(64-70)69-67(72)61-57-53-49-45-41-38-34-31-28-26-29-32-35-39-43-47-51-55-59-63-74-68(73)62-58-54-50-46-42-36-16-14-12-10-8-6-4-2/h65-66,70-71H,3-64H2,1-2H3,(H,69,72). The highest BCUT2D eigenvalue weighted by molar-refractivity contribution is 5.76. The molecule has 0 saturated heterocycles. The molecule has 0 bridgehead atoms. The van der Waals surface area contributed by atoms with Crippen LogP contribution in [0.1, 0.15) is 399 Å². The van der Waals surface area contributed by atoms with Crippen molar-refractivity contribution in [2.24, 2.45) is 0 Å². The molecule has 0 fully saturated rings. The largest absolute Gasteiger partial charge is 0.466 e. The first kappa shape index (κ1) is 72.9. The summed E-state index contributed by atoms with van der Waals surface area (Å²) in [4.78, 5) is 24.6. The number of ether oxygens (including phenoxy) is 1. The van der Waals surface area contributed by atoms with Gasteiger partial charge in [-0.05, 0) is 25.7 Å². The van der Waals surface area contributed by atoms with Crippen LogP contribution in [0, 0.1) is 0 Å². The Bertz CT molecular complexity index is 1070. The number of nitrogens with one attached hydrogen (secondary N) is 1. The average molecular weight is 1050 g/mol. The Morgan fingerprint density at radius 3 is 0.824 bits per heavy atom. The van der Waals surface area contributed by atoms with Crippen LogP contribution in [0.3, 0.4) is 0 Å². The maximum atomic E-state index is 12.5. The minimum absolute atomic E-state index is 0.0123. The number of aliphatic hydroxyl groups is 2. The lowest BCUT2D eigenvalue weighted by molar-refractivity contribution is -0.143. The van der Waals surface area contributed by atoms with Gasteiger partial charge in [-0.25, -0.2) is 0 Å². The van der Waals surface area contributed by atoms with E-state index >= 15 is 0 Å². The molecule has 6 nitrogen and oxygen atoms in total. The van der Waals surface area contributed by atoms with Crippen LogP contribution in [0.2, 0.25) is 0 Å². The molecule has 74 heavy (non-hydrogen) atoms. The molecule has 0 radical (unpaired) electrons. The maximum Gasteiger partial charge on any atom is 0.305 e. The normalized spacial score (nSPS) is 12.4. The zero-order valence-electron chi connectivity index (χ0n) is 50.6. The van der Waals surface area contributed by atoms with Crippen molar-refractivity contribution in [1.82, 2.24) is 5.32 Å². The summed E-state index contributed by atoms with van der Waals surface area (Å²) in [6.45, 7) is 4.99. The Labute approximate surface area is 464 Å². The van der Waals surface area contributed by atoms with E-state index in [0.717, 1.165) is 38.5 Å². The number of carbonyl (C=O) groups is 2. The van der Waals surface area contributed by atoms with Crippen LogP contribution >= 0.6 is 0 Å². The number of aliphatic hydroxyl groups excluding tert-OH is 2. The van der Waals surface area contributed by atoms with E-state index in [2.05, 4.69) is 19.2 Å². The molecule has 2 unspecified atom stereocenters. The Balaban J connectivity index is 3.38. The maximum absolute atomic E-state index is 12.5. The predicted molar refractivity (Wildman–Crippen MR) is 324 cm³/mol. The number of esters is 1. The van der Waals surface area contributed by atoms with E-state index in [1.54, 1.807) is 0 Å². The van der Waals surface area contributed by atoms with E-state index in [1.807, 2.05) is 0 Å². The van der Waals surface area contributed by atoms with Crippen LogP contribution in [0.4, 0.5) is 0 Å². The average Bonchev–Trinajstić information content (AvgIpc) is 3.40. The first-order valence-corrected chi connectivity index (χ1v) is 34.3. The third kappa shape index (κ3) is 60.1. The molecule has 0 heterocycles. The van der Waals surface area contributed by atoms with Crippen LogP contribution in [0.5, 0.6) is 0 Å². The van der Waals surface area contributed by atoms with Gasteiger partial charge < -0.3 is 20.3 Å². The molecule has 0 aliphatic rings. The fourth-order valence-electron chi connectivity index (χ4n) is 11.2. The predicted octanol–water partition coefficient (Wildman–Crippen LogP) is 21.8. The van der Waals surface area contributed by atoms with Crippen molar-refractivity contribution in [2.75, 3.05) is 13.2 Å². The Kier molecular flexibility index (Phi) is 63.4. The van der Waals surface area contributed by atoms with Crippen molar-refractivity contribution in [2.45, 2.75) is 411 Å². The minimum Gasteiger partial charge on any atom is -0.466 e. The highest BCUT2D eigenvalue weighted by atomic mass is 16.5. The van der Waals surface area contributed by atoms with Crippen molar-refractivity contribution in [3.05, 3.63) is 0 Å².